The quantitative estimate of drug-likeness (QED) is 0.792. The first-order valence-electron chi connectivity index (χ1n) is 4.67. The zero-order chi connectivity index (χ0) is 10.6. The molecule has 1 nitrogen and oxygen atoms in total. The van der Waals surface area contributed by atoms with Crippen LogP contribution in [0.2, 0.25) is 0 Å². The Kier molecular flexibility index (Phi) is 3.58. The highest BCUT2D eigenvalue weighted by molar-refractivity contribution is 5.22. The van der Waals surface area contributed by atoms with Gasteiger partial charge < -0.3 is 5.11 Å². The van der Waals surface area contributed by atoms with Crippen LogP contribution >= 0.6 is 0 Å². The number of benzene rings is 1. The summed E-state index contributed by atoms with van der Waals surface area (Å²) in [5.74, 6) is 0. The summed E-state index contributed by atoms with van der Waals surface area (Å²) in [5.41, 5.74) is -1.70. The molecule has 0 aromatic heterocycles. The van der Waals surface area contributed by atoms with Gasteiger partial charge in [0.25, 0.3) is 6.43 Å². The van der Waals surface area contributed by atoms with Crippen molar-refractivity contribution in [3.63, 3.8) is 0 Å². The number of rotatable bonds is 4. The fourth-order valence-electron chi connectivity index (χ4n) is 1.49. The molecule has 0 aliphatic heterocycles. The Hall–Kier alpha value is -0.960. The highest BCUT2D eigenvalue weighted by Gasteiger charge is 2.38. The Bertz CT molecular complexity index is 274. The third-order valence-corrected chi connectivity index (χ3v) is 2.27. The van der Waals surface area contributed by atoms with Crippen LogP contribution in [0.4, 0.5) is 8.78 Å². The molecule has 1 rings (SSSR count). The van der Waals surface area contributed by atoms with Crippen LogP contribution in [-0.4, -0.2) is 11.5 Å². The van der Waals surface area contributed by atoms with E-state index in [2.05, 4.69) is 0 Å². The summed E-state index contributed by atoms with van der Waals surface area (Å²) in [7, 11) is 0. The van der Waals surface area contributed by atoms with E-state index in [1.165, 1.54) is 12.1 Å². The third-order valence-electron chi connectivity index (χ3n) is 2.27. The van der Waals surface area contributed by atoms with Gasteiger partial charge in [-0.25, -0.2) is 8.78 Å². The lowest BCUT2D eigenvalue weighted by Crippen LogP contribution is -2.33. The van der Waals surface area contributed by atoms with Crippen molar-refractivity contribution >= 4 is 0 Å². The molecule has 0 aliphatic rings. The Labute approximate surface area is 82.4 Å². The van der Waals surface area contributed by atoms with Gasteiger partial charge in [-0.05, 0) is 12.0 Å². The monoisotopic (exact) mass is 200 g/mol. The second-order valence-electron chi connectivity index (χ2n) is 3.34. The lowest BCUT2D eigenvalue weighted by Gasteiger charge is -2.27. The first kappa shape index (κ1) is 11.1. The van der Waals surface area contributed by atoms with Crippen molar-refractivity contribution in [3.8, 4) is 0 Å². The van der Waals surface area contributed by atoms with Gasteiger partial charge in [0.2, 0.25) is 0 Å². The van der Waals surface area contributed by atoms with E-state index in [1.807, 2.05) is 0 Å². The van der Waals surface area contributed by atoms with E-state index in [9.17, 15) is 13.9 Å². The van der Waals surface area contributed by atoms with Gasteiger partial charge in [0.15, 0.2) is 0 Å². The van der Waals surface area contributed by atoms with E-state index < -0.39 is 12.0 Å². The summed E-state index contributed by atoms with van der Waals surface area (Å²) in [6, 6.07) is 8.10. The van der Waals surface area contributed by atoms with Crippen molar-refractivity contribution in [2.24, 2.45) is 0 Å². The van der Waals surface area contributed by atoms with Gasteiger partial charge in [0, 0.05) is 0 Å². The lowest BCUT2D eigenvalue weighted by atomic mass is 9.90. The summed E-state index contributed by atoms with van der Waals surface area (Å²) < 4.78 is 25.4. The Morgan fingerprint density at radius 2 is 1.86 bits per heavy atom. The molecule has 0 saturated carbocycles. The maximum Gasteiger partial charge on any atom is 0.270 e. The molecule has 0 heterocycles. The van der Waals surface area contributed by atoms with Crippen LogP contribution < -0.4 is 0 Å². The molecular formula is C11H14F2O. The Morgan fingerprint density at radius 1 is 1.29 bits per heavy atom. The van der Waals surface area contributed by atoms with E-state index in [0.29, 0.717) is 6.42 Å². The van der Waals surface area contributed by atoms with Crippen molar-refractivity contribution in [3.05, 3.63) is 35.9 Å². The molecule has 1 atom stereocenters. The normalized spacial score (nSPS) is 15.5. The first-order valence-corrected chi connectivity index (χ1v) is 4.67. The van der Waals surface area contributed by atoms with Gasteiger partial charge >= 0.3 is 0 Å². The number of halogens is 2. The second kappa shape index (κ2) is 4.51. The SMILES string of the molecule is CCC[C@](O)(c1ccccc1)C(F)F. The highest BCUT2D eigenvalue weighted by atomic mass is 19.3. The van der Waals surface area contributed by atoms with Gasteiger partial charge in [-0.15, -0.1) is 0 Å². The van der Waals surface area contributed by atoms with E-state index in [-0.39, 0.29) is 12.0 Å². The molecule has 1 aromatic carbocycles. The molecular weight excluding hydrogens is 186 g/mol. The van der Waals surface area contributed by atoms with Gasteiger partial charge in [0.1, 0.15) is 5.60 Å². The molecule has 0 bridgehead atoms. The average Bonchev–Trinajstić information content (AvgIpc) is 2.19. The van der Waals surface area contributed by atoms with Crippen molar-refractivity contribution < 1.29 is 13.9 Å². The predicted octanol–water partition coefficient (Wildman–Crippen LogP) is 2.94. The van der Waals surface area contributed by atoms with Crippen LogP contribution in [0.3, 0.4) is 0 Å². The van der Waals surface area contributed by atoms with Crippen LogP contribution in [0.1, 0.15) is 25.3 Å². The van der Waals surface area contributed by atoms with Crippen LogP contribution in [0.5, 0.6) is 0 Å². The molecule has 0 fully saturated rings. The molecule has 0 radical (unpaired) electrons. The topological polar surface area (TPSA) is 20.2 Å². The summed E-state index contributed by atoms with van der Waals surface area (Å²) in [6.45, 7) is 1.77. The smallest absolute Gasteiger partial charge is 0.270 e. The molecule has 0 aliphatic carbocycles. The highest BCUT2D eigenvalue weighted by Crippen LogP contribution is 2.32. The van der Waals surface area contributed by atoms with Crippen molar-refractivity contribution in [1.29, 1.82) is 0 Å². The van der Waals surface area contributed by atoms with Crippen LogP contribution in [0, 0.1) is 0 Å². The molecule has 0 amide bonds. The fraction of sp³-hybridized carbons (Fsp3) is 0.455. The summed E-state index contributed by atoms with van der Waals surface area (Å²) in [6.07, 6.45) is -2.14. The molecule has 1 N–H and O–H groups in total. The van der Waals surface area contributed by atoms with Crippen molar-refractivity contribution in [2.45, 2.75) is 31.8 Å². The largest absolute Gasteiger partial charge is 0.379 e. The summed E-state index contributed by atoms with van der Waals surface area (Å²) in [4.78, 5) is 0. The number of alkyl halides is 2. The number of aliphatic hydroxyl groups is 1. The van der Waals surface area contributed by atoms with E-state index in [1.54, 1.807) is 25.1 Å². The molecule has 1 aromatic rings. The number of hydrogen-bond acceptors (Lipinski definition) is 1. The third kappa shape index (κ3) is 2.10. The van der Waals surface area contributed by atoms with Crippen LogP contribution in [0.25, 0.3) is 0 Å². The lowest BCUT2D eigenvalue weighted by molar-refractivity contribution is -0.107. The second-order valence-corrected chi connectivity index (χ2v) is 3.34. The predicted molar refractivity (Wildman–Crippen MR) is 51.3 cm³/mol. The van der Waals surface area contributed by atoms with Crippen molar-refractivity contribution in [2.75, 3.05) is 0 Å². The maximum atomic E-state index is 12.7. The van der Waals surface area contributed by atoms with E-state index >= 15 is 0 Å². The molecule has 0 saturated heterocycles. The maximum absolute atomic E-state index is 12.7. The zero-order valence-corrected chi connectivity index (χ0v) is 8.08. The Morgan fingerprint density at radius 3 is 2.29 bits per heavy atom. The van der Waals surface area contributed by atoms with E-state index in [4.69, 9.17) is 0 Å². The fourth-order valence-corrected chi connectivity index (χ4v) is 1.49. The average molecular weight is 200 g/mol. The standard InChI is InChI=1S/C11H14F2O/c1-2-8-11(14,10(12)13)9-6-4-3-5-7-9/h3-7,10,14H,2,8H2,1H3/t11-/m0/s1. The van der Waals surface area contributed by atoms with Crippen LogP contribution in [-0.2, 0) is 5.60 Å². The molecule has 78 valence electrons. The summed E-state index contributed by atoms with van der Waals surface area (Å²) in [5, 5.41) is 9.81. The minimum atomic E-state index is -2.75. The van der Waals surface area contributed by atoms with Gasteiger partial charge in [0.05, 0.1) is 0 Å². The van der Waals surface area contributed by atoms with Gasteiger partial charge in [-0.3, -0.25) is 0 Å². The van der Waals surface area contributed by atoms with Crippen LogP contribution in [0.15, 0.2) is 30.3 Å². The molecule has 14 heavy (non-hydrogen) atoms. The molecule has 3 heteroatoms. The molecule has 0 spiro atoms. The number of hydrogen-bond donors (Lipinski definition) is 1. The minimum Gasteiger partial charge on any atom is -0.379 e. The van der Waals surface area contributed by atoms with Crippen molar-refractivity contribution in [1.82, 2.24) is 0 Å². The molecule has 0 unspecified atom stereocenters. The zero-order valence-electron chi connectivity index (χ0n) is 8.08. The summed E-state index contributed by atoms with van der Waals surface area (Å²) >= 11 is 0. The van der Waals surface area contributed by atoms with Gasteiger partial charge in [-0.1, -0.05) is 43.7 Å². The van der Waals surface area contributed by atoms with E-state index in [0.717, 1.165) is 0 Å². The Balaban J connectivity index is 2.99. The first-order chi connectivity index (χ1) is 6.61. The van der Waals surface area contributed by atoms with Gasteiger partial charge in [-0.2, -0.15) is 0 Å². The minimum absolute atomic E-state index is 0.0781.